The van der Waals surface area contributed by atoms with Crippen molar-refractivity contribution < 1.29 is 14.0 Å². The van der Waals surface area contributed by atoms with Gasteiger partial charge in [-0.05, 0) is 47.5 Å². The van der Waals surface area contributed by atoms with Gasteiger partial charge in [-0.25, -0.2) is 4.39 Å². The van der Waals surface area contributed by atoms with Gasteiger partial charge in [-0.15, -0.1) is 0 Å². The lowest BCUT2D eigenvalue weighted by molar-refractivity contribution is 0.141. The summed E-state index contributed by atoms with van der Waals surface area (Å²) >= 11 is 3.27. The van der Waals surface area contributed by atoms with Crippen LogP contribution in [0.2, 0.25) is 0 Å². The van der Waals surface area contributed by atoms with Crippen molar-refractivity contribution in [2.75, 3.05) is 0 Å². The van der Waals surface area contributed by atoms with E-state index in [9.17, 15) is 9.50 Å². The Hall–Kier alpha value is -1.27. The monoisotopic (exact) mass is 328 g/mol. The lowest BCUT2D eigenvalue weighted by Crippen LogP contribution is -2.14. The van der Waals surface area contributed by atoms with Gasteiger partial charge in [0.2, 0.25) is 11.7 Å². The van der Waals surface area contributed by atoms with Gasteiger partial charge in [0.15, 0.2) is 0 Å². The predicted octanol–water partition coefficient (Wildman–Crippen LogP) is 3.51. The number of nitrogens with zero attached hydrogens (tertiary/aromatic N) is 2. The van der Waals surface area contributed by atoms with E-state index in [0.717, 1.165) is 0 Å². The molecule has 0 saturated heterocycles. The second kappa shape index (κ2) is 5.79. The molecule has 1 N–H and O–H groups in total. The summed E-state index contributed by atoms with van der Waals surface area (Å²) in [5.74, 6) is 0.236. The average Bonchev–Trinajstić information content (AvgIpc) is 2.78. The maximum absolute atomic E-state index is 13.0. The molecule has 1 aromatic carbocycles. The van der Waals surface area contributed by atoms with E-state index in [-0.39, 0.29) is 11.7 Å². The smallest absolute Gasteiger partial charge is 0.232 e. The van der Waals surface area contributed by atoms with E-state index < -0.39 is 6.10 Å². The molecular weight excluding hydrogens is 315 g/mol. The molecule has 0 aliphatic carbocycles. The summed E-state index contributed by atoms with van der Waals surface area (Å²) in [4.78, 5) is 4.27. The third-order valence-electron chi connectivity index (χ3n) is 2.95. The topological polar surface area (TPSA) is 59.2 Å². The minimum Gasteiger partial charge on any atom is -0.393 e. The van der Waals surface area contributed by atoms with Crippen molar-refractivity contribution in [3.05, 3.63) is 34.4 Å². The average molecular weight is 329 g/mol. The minimum atomic E-state index is -0.560. The second-order valence-corrected chi connectivity index (χ2v) is 5.19. The molecule has 6 heteroatoms. The van der Waals surface area contributed by atoms with Gasteiger partial charge in [0.25, 0.3) is 0 Å². The molecule has 1 aromatic heterocycles. The van der Waals surface area contributed by atoms with Gasteiger partial charge in [-0.3, -0.25) is 0 Å². The number of hydrogen-bond donors (Lipinski definition) is 1. The van der Waals surface area contributed by atoms with Gasteiger partial charge in [-0.2, -0.15) is 4.98 Å². The van der Waals surface area contributed by atoms with Crippen molar-refractivity contribution in [3.63, 3.8) is 0 Å². The molecule has 0 radical (unpaired) electrons. The Bertz CT molecular complexity index is 572. The molecule has 19 heavy (non-hydrogen) atoms. The first-order valence-electron chi connectivity index (χ1n) is 6.00. The Balaban J connectivity index is 2.35. The number of benzene rings is 1. The third kappa shape index (κ3) is 3.01. The Morgan fingerprint density at radius 1 is 1.47 bits per heavy atom. The number of halogens is 2. The quantitative estimate of drug-likeness (QED) is 0.932. The van der Waals surface area contributed by atoms with Crippen LogP contribution in [0.1, 0.15) is 32.1 Å². The highest BCUT2D eigenvalue weighted by atomic mass is 79.9. The summed E-state index contributed by atoms with van der Waals surface area (Å²) in [5.41, 5.74) is 0.650. The molecule has 0 amide bonds. The van der Waals surface area contributed by atoms with Crippen molar-refractivity contribution in [1.29, 1.82) is 0 Å². The van der Waals surface area contributed by atoms with Crippen molar-refractivity contribution in [1.82, 2.24) is 10.1 Å². The van der Waals surface area contributed by atoms with E-state index in [4.69, 9.17) is 4.52 Å². The zero-order chi connectivity index (χ0) is 14.0. The first-order chi connectivity index (χ1) is 9.02. The number of aliphatic hydroxyl groups is 1. The first-order valence-corrected chi connectivity index (χ1v) is 6.79. The predicted molar refractivity (Wildman–Crippen MR) is 72.1 cm³/mol. The van der Waals surface area contributed by atoms with E-state index in [0.29, 0.717) is 28.2 Å². The first kappa shape index (κ1) is 14.1. The summed E-state index contributed by atoms with van der Waals surface area (Å²) in [6.07, 6.45) is 0.138. The zero-order valence-corrected chi connectivity index (χ0v) is 12.2. The number of hydrogen-bond acceptors (Lipinski definition) is 4. The van der Waals surface area contributed by atoms with E-state index in [2.05, 4.69) is 26.1 Å². The molecule has 0 spiro atoms. The van der Waals surface area contributed by atoms with Crippen molar-refractivity contribution in [2.45, 2.75) is 32.3 Å². The van der Waals surface area contributed by atoms with E-state index in [1.807, 2.05) is 6.92 Å². The third-order valence-corrected chi connectivity index (χ3v) is 3.61. The maximum atomic E-state index is 13.0. The van der Waals surface area contributed by atoms with Crippen LogP contribution >= 0.6 is 15.9 Å². The fraction of sp³-hybridized carbons (Fsp3) is 0.385. The number of aromatic nitrogens is 2. The molecule has 4 nitrogen and oxygen atoms in total. The van der Waals surface area contributed by atoms with Crippen LogP contribution in [0, 0.1) is 5.82 Å². The molecular formula is C13H14BrFN2O2. The molecule has 2 atom stereocenters. The lowest BCUT2D eigenvalue weighted by Gasteiger charge is -2.12. The minimum absolute atomic E-state index is 0.194. The summed E-state index contributed by atoms with van der Waals surface area (Å²) in [7, 11) is 0. The molecule has 0 saturated carbocycles. The van der Waals surface area contributed by atoms with Gasteiger partial charge < -0.3 is 9.63 Å². The largest absolute Gasteiger partial charge is 0.393 e. The zero-order valence-electron chi connectivity index (χ0n) is 10.6. The van der Waals surface area contributed by atoms with E-state index in [1.54, 1.807) is 13.0 Å². The van der Waals surface area contributed by atoms with Crippen LogP contribution in [0.5, 0.6) is 0 Å². The van der Waals surface area contributed by atoms with Gasteiger partial charge in [0, 0.05) is 10.0 Å². The lowest BCUT2D eigenvalue weighted by atomic mass is 10.0. The van der Waals surface area contributed by atoms with Crippen LogP contribution in [0.25, 0.3) is 11.4 Å². The van der Waals surface area contributed by atoms with E-state index in [1.165, 1.54) is 12.1 Å². The Kier molecular flexibility index (Phi) is 4.31. The molecule has 2 unspecified atom stereocenters. The maximum Gasteiger partial charge on any atom is 0.232 e. The molecule has 102 valence electrons. The van der Waals surface area contributed by atoms with Crippen LogP contribution in [0.3, 0.4) is 0 Å². The van der Waals surface area contributed by atoms with Crippen molar-refractivity contribution in [3.8, 4) is 11.4 Å². The normalized spacial score (nSPS) is 14.4. The fourth-order valence-corrected chi connectivity index (χ4v) is 2.42. The van der Waals surface area contributed by atoms with Crippen LogP contribution in [0.4, 0.5) is 4.39 Å². The fourth-order valence-electron chi connectivity index (χ4n) is 1.89. The molecule has 2 rings (SSSR count). The van der Waals surface area contributed by atoms with Gasteiger partial charge in [-0.1, -0.05) is 12.1 Å². The van der Waals surface area contributed by atoms with Crippen LogP contribution < -0.4 is 0 Å². The Labute approximate surface area is 118 Å². The van der Waals surface area contributed by atoms with Gasteiger partial charge in [0.1, 0.15) is 5.82 Å². The van der Waals surface area contributed by atoms with Crippen molar-refractivity contribution in [2.24, 2.45) is 0 Å². The Morgan fingerprint density at radius 2 is 2.21 bits per heavy atom. The molecule has 0 fully saturated rings. The van der Waals surface area contributed by atoms with Gasteiger partial charge in [0.05, 0.1) is 12.0 Å². The summed E-state index contributed by atoms with van der Waals surface area (Å²) < 4.78 is 18.8. The van der Waals surface area contributed by atoms with Crippen molar-refractivity contribution >= 4 is 15.9 Å². The van der Waals surface area contributed by atoms with Crippen LogP contribution in [0.15, 0.2) is 27.2 Å². The van der Waals surface area contributed by atoms with Crippen LogP contribution in [-0.4, -0.2) is 21.4 Å². The molecule has 1 heterocycles. The highest BCUT2D eigenvalue weighted by Crippen LogP contribution is 2.29. The van der Waals surface area contributed by atoms with Gasteiger partial charge >= 0.3 is 0 Å². The summed E-state index contributed by atoms with van der Waals surface area (Å²) in [6.45, 7) is 3.63. The standard InChI is InChI=1S/C13H14BrFN2O2/c1-3-9(7(2)18)13-16-12(17-19-13)10-5-4-8(15)6-11(10)14/h4-7,9,18H,3H2,1-2H3. The van der Waals surface area contributed by atoms with E-state index >= 15 is 0 Å². The molecule has 0 aliphatic rings. The molecule has 0 bridgehead atoms. The molecule has 2 aromatic rings. The highest BCUT2D eigenvalue weighted by molar-refractivity contribution is 9.10. The molecule has 0 aliphatic heterocycles. The Morgan fingerprint density at radius 3 is 2.79 bits per heavy atom. The number of aliphatic hydroxyl groups excluding tert-OH is 1. The summed E-state index contributed by atoms with van der Waals surface area (Å²) in [6, 6.07) is 4.26. The highest BCUT2D eigenvalue weighted by Gasteiger charge is 2.23. The second-order valence-electron chi connectivity index (χ2n) is 4.34. The summed E-state index contributed by atoms with van der Waals surface area (Å²) in [5, 5.41) is 13.5. The number of rotatable bonds is 4. The SMILES string of the molecule is CCC(c1nc(-c2ccc(F)cc2Br)no1)C(C)O. The van der Waals surface area contributed by atoms with Crippen LogP contribution in [-0.2, 0) is 0 Å².